The minimum atomic E-state index is -0.313. The van der Waals surface area contributed by atoms with Gasteiger partial charge in [-0.2, -0.15) is 0 Å². The molecule has 17 heavy (non-hydrogen) atoms. The molecule has 0 atom stereocenters. The highest BCUT2D eigenvalue weighted by Gasteiger charge is 2.02. The Morgan fingerprint density at radius 3 is 2.82 bits per heavy atom. The summed E-state index contributed by atoms with van der Waals surface area (Å²) in [4.78, 5) is 12.4. The lowest BCUT2D eigenvalue weighted by atomic mass is 10.2. The van der Waals surface area contributed by atoms with Crippen LogP contribution in [0, 0.1) is 5.82 Å². The van der Waals surface area contributed by atoms with Crippen LogP contribution >= 0.6 is 27.3 Å². The highest BCUT2D eigenvalue weighted by Crippen LogP contribution is 2.18. The number of benzene rings is 1. The first-order chi connectivity index (χ1) is 8.16. The van der Waals surface area contributed by atoms with Gasteiger partial charge in [-0.3, -0.25) is 4.79 Å². The summed E-state index contributed by atoms with van der Waals surface area (Å²) in [5.41, 5.74) is 0.781. The van der Waals surface area contributed by atoms with E-state index in [1.165, 1.54) is 23.5 Å². The number of halogens is 2. The van der Waals surface area contributed by atoms with E-state index in [1.54, 1.807) is 24.3 Å². The van der Waals surface area contributed by atoms with Crippen molar-refractivity contribution in [2.75, 3.05) is 0 Å². The van der Waals surface area contributed by atoms with Crippen LogP contribution in [0.2, 0.25) is 0 Å². The number of hydrogen-bond acceptors (Lipinski definition) is 2. The second-order valence-electron chi connectivity index (χ2n) is 3.35. The number of rotatable bonds is 3. The Hall–Kier alpha value is -1.26. The maximum Gasteiger partial charge on any atom is 0.195 e. The summed E-state index contributed by atoms with van der Waals surface area (Å²) in [7, 11) is 0. The Morgan fingerprint density at radius 2 is 2.18 bits per heavy atom. The maximum absolute atomic E-state index is 13.0. The lowest BCUT2D eigenvalue weighted by Gasteiger charge is -1.96. The van der Waals surface area contributed by atoms with E-state index in [9.17, 15) is 9.18 Å². The zero-order valence-corrected chi connectivity index (χ0v) is 11.1. The van der Waals surface area contributed by atoms with Crippen molar-refractivity contribution in [2.24, 2.45) is 0 Å². The van der Waals surface area contributed by atoms with Gasteiger partial charge in [0.05, 0.1) is 9.35 Å². The zero-order valence-electron chi connectivity index (χ0n) is 8.69. The Morgan fingerprint density at radius 1 is 1.35 bits per heavy atom. The minimum absolute atomic E-state index is 0.0413. The van der Waals surface area contributed by atoms with Crippen molar-refractivity contribution in [3.63, 3.8) is 0 Å². The topological polar surface area (TPSA) is 17.1 Å². The molecule has 1 aromatic heterocycles. The highest BCUT2D eigenvalue weighted by molar-refractivity contribution is 9.10. The SMILES string of the molecule is O=C(/C=C/c1ccc(F)c(Br)c1)c1cccs1. The molecule has 0 unspecified atom stereocenters. The third-order valence-electron chi connectivity index (χ3n) is 2.13. The van der Waals surface area contributed by atoms with Crippen LogP contribution in [-0.2, 0) is 0 Å². The van der Waals surface area contributed by atoms with Gasteiger partial charge in [-0.15, -0.1) is 11.3 Å². The van der Waals surface area contributed by atoms with Gasteiger partial charge < -0.3 is 0 Å². The van der Waals surface area contributed by atoms with E-state index in [1.807, 2.05) is 11.4 Å². The van der Waals surface area contributed by atoms with Crippen molar-refractivity contribution >= 4 is 39.1 Å². The molecule has 0 aliphatic rings. The van der Waals surface area contributed by atoms with E-state index in [0.717, 1.165) is 5.56 Å². The van der Waals surface area contributed by atoms with Crippen LogP contribution < -0.4 is 0 Å². The molecule has 86 valence electrons. The second kappa shape index (κ2) is 5.38. The molecule has 0 fully saturated rings. The summed E-state index contributed by atoms with van der Waals surface area (Å²) in [5, 5.41) is 1.86. The number of thiophene rings is 1. The van der Waals surface area contributed by atoms with E-state index in [2.05, 4.69) is 15.9 Å². The largest absolute Gasteiger partial charge is 0.288 e. The number of ketones is 1. The van der Waals surface area contributed by atoms with Crippen LogP contribution in [-0.4, -0.2) is 5.78 Å². The molecule has 0 bridgehead atoms. The third kappa shape index (κ3) is 3.11. The van der Waals surface area contributed by atoms with Gasteiger partial charge in [0.15, 0.2) is 5.78 Å². The molecule has 0 amide bonds. The molecule has 1 heterocycles. The molecule has 0 aliphatic heterocycles. The molecule has 0 spiro atoms. The molecule has 0 aliphatic carbocycles. The first-order valence-corrected chi connectivity index (χ1v) is 6.55. The molecule has 4 heteroatoms. The van der Waals surface area contributed by atoms with Crippen LogP contribution in [0.5, 0.6) is 0 Å². The molecule has 0 saturated carbocycles. The first-order valence-electron chi connectivity index (χ1n) is 4.88. The number of carbonyl (C=O) groups excluding carboxylic acids is 1. The average Bonchev–Trinajstić information content (AvgIpc) is 2.84. The van der Waals surface area contributed by atoms with Crippen molar-refractivity contribution in [1.29, 1.82) is 0 Å². The van der Waals surface area contributed by atoms with Crippen molar-refractivity contribution < 1.29 is 9.18 Å². The lowest BCUT2D eigenvalue weighted by Crippen LogP contribution is -1.88. The Balaban J connectivity index is 2.15. The van der Waals surface area contributed by atoms with E-state index in [-0.39, 0.29) is 11.6 Å². The Bertz CT molecular complexity index is 561. The summed E-state index contributed by atoms with van der Waals surface area (Å²) in [6.45, 7) is 0. The van der Waals surface area contributed by atoms with Crippen molar-refractivity contribution in [2.45, 2.75) is 0 Å². The van der Waals surface area contributed by atoms with Crippen LogP contribution in [0.1, 0.15) is 15.2 Å². The monoisotopic (exact) mass is 310 g/mol. The summed E-state index contributed by atoms with van der Waals surface area (Å²) in [5.74, 6) is -0.354. The summed E-state index contributed by atoms with van der Waals surface area (Å²) < 4.78 is 13.4. The summed E-state index contributed by atoms with van der Waals surface area (Å²) in [6.07, 6.45) is 3.16. The Labute approximate surface area is 111 Å². The van der Waals surface area contributed by atoms with Gasteiger partial charge >= 0.3 is 0 Å². The molecule has 0 radical (unpaired) electrons. The lowest BCUT2D eigenvalue weighted by molar-refractivity contribution is 0.105. The quantitative estimate of drug-likeness (QED) is 0.600. The normalized spacial score (nSPS) is 10.9. The molecular formula is C13H8BrFOS. The van der Waals surface area contributed by atoms with E-state index in [0.29, 0.717) is 9.35 Å². The van der Waals surface area contributed by atoms with Gasteiger partial charge in [0.1, 0.15) is 5.82 Å². The van der Waals surface area contributed by atoms with Crippen LogP contribution in [0.25, 0.3) is 6.08 Å². The molecule has 2 aromatic rings. The Kier molecular flexibility index (Phi) is 3.86. The fourth-order valence-corrected chi connectivity index (χ4v) is 2.33. The maximum atomic E-state index is 13.0. The predicted molar refractivity (Wildman–Crippen MR) is 71.8 cm³/mol. The predicted octanol–water partition coefficient (Wildman–Crippen LogP) is 4.55. The number of carbonyl (C=O) groups is 1. The first kappa shape index (κ1) is 12.2. The smallest absolute Gasteiger partial charge is 0.195 e. The van der Waals surface area contributed by atoms with Gasteiger partial charge in [-0.25, -0.2) is 4.39 Å². The van der Waals surface area contributed by atoms with Crippen molar-refractivity contribution in [1.82, 2.24) is 0 Å². The van der Waals surface area contributed by atoms with E-state index < -0.39 is 0 Å². The molecule has 0 saturated heterocycles. The molecule has 1 aromatic carbocycles. The standard InChI is InChI=1S/C13H8BrFOS/c14-10-8-9(3-5-11(10)15)4-6-12(16)13-2-1-7-17-13/h1-8H/b6-4+. The molecular weight excluding hydrogens is 303 g/mol. The fraction of sp³-hybridized carbons (Fsp3) is 0. The summed E-state index contributed by atoms with van der Waals surface area (Å²) >= 11 is 4.50. The molecule has 0 N–H and O–H groups in total. The second-order valence-corrected chi connectivity index (χ2v) is 5.15. The van der Waals surface area contributed by atoms with Crippen LogP contribution in [0.4, 0.5) is 4.39 Å². The van der Waals surface area contributed by atoms with Gasteiger partial charge in [0.25, 0.3) is 0 Å². The zero-order chi connectivity index (χ0) is 12.3. The van der Waals surface area contributed by atoms with Gasteiger partial charge in [-0.1, -0.05) is 18.2 Å². The average molecular weight is 311 g/mol. The summed E-state index contributed by atoms with van der Waals surface area (Å²) in [6, 6.07) is 8.23. The van der Waals surface area contributed by atoms with Crippen molar-refractivity contribution in [3.05, 3.63) is 62.5 Å². The van der Waals surface area contributed by atoms with E-state index in [4.69, 9.17) is 0 Å². The van der Waals surface area contributed by atoms with E-state index >= 15 is 0 Å². The number of hydrogen-bond donors (Lipinski definition) is 0. The van der Waals surface area contributed by atoms with Crippen molar-refractivity contribution in [3.8, 4) is 0 Å². The van der Waals surface area contributed by atoms with Gasteiger partial charge in [0, 0.05) is 0 Å². The van der Waals surface area contributed by atoms with Gasteiger partial charge in [0.2, 0.25) is 0 Å². The van der Waals surface area contributed by atoms with Crippen LogP contribution in [0.15, 0.2) is 46.3 Å². The fourth-order valence-electron chi connectivity index (χ4n) is 1.29. The third-order valence-corrected chi connectivity index (χ3v) is 3.63. The minimum Gasteiger partial charge on any atom is -0.288 e. The molecule has 2 rings (SSSR count). The van der Waals surface area contributed by atoms with Crippen LogP contribution in [0.3, 0.4) is 0 Å². The number of allylic oxidation sites excluding steroid dienone is 1. The highest BCUT2D eigenvalue weighted by atomic mass is 79.9. The molecule has 1 nitrogen and oxygen atoms in total. The van der Waals surface area contributed by atoms with Gasteiger partial charge in [-0.05, 0) is 51.1 Å².